The van der Waals surface area contributed by atoms with Gasteiger partial charge in [0.15, 0.2) is 0 Å². The molecule has 1 aliphatic rings. The molecule has 1 fully saturated rings. The Hall–Kier alpha value is -1.77. The standard InChI is InChI=1S/C11H10F3N3/c1-7-2-3-8(4-15)10(16-7)17-5-9(6-17)11(12,13)14/h2-3,9H,5-6H2,1H3. The van der Waals surface area contributed by atoms with Gasteiger partial charge in [0.2, 0.25) is 0 Å². The molecule has 0 bridgehead atoms. The third kappa shape index (κ3) is 2.18. The quantitative estimate of drug-likeness (QED) is 0.757. The second-order valence-corrected chi connectivity index (χ2v) is 4.08. The van der Waals surface area contributed by atoms with Gasteiger partial charge in [0, 0.05) is 18.8 Å². The first-order valence-electron chi connectivity index (χ1n) is 5.11. The van der Waals surface area contributed by atoms with Crippen molar-refractivity contribution < 1.29 is 13.2 Å². The van der Waals surface area contributed by atoms with Crippen LogP contribution in [0.2, 0.25) is 0 Å². The van der Waals surface area contributed by atoms with Crippen molar-refractivity contribution in [2.24, 2.45) is 5.92 Å². The lowest BCUT2D eigenvalue weighted by atomic mass is 9.99. The molecular formula is C11H10F3N3. The van der Waals surface area contributed by atoms with Crippen molar-refractivity contribution >= 4 is 5.82 Å². The molecular weight excluding hydrogens is 231 g/mol. The molecule has 6 heteroatoms. The number of pyridine rings is 1. The van der Waals surface area contributed by atoms with Crippen LogP contribution in [0.4, 0.5) is 19.0 Å². The van der Waals surface area contributed by atoms with Gasteiger partial charge in [0.25, 0.3) is 0 Å². The Morgan fingerprint density at radius 1 is 1.41 bits per heavy atom. The Bertz CT molecular complexity index is 470. The lowest BCUT2D eigenvalue weighted by Crippen LogP contribution is -2.54. The van der Waals surface area contributed by atoms with E-state index in [0.29, 0.717) is 17.1 Å². The average Bonchev–Trinajstić information content (AvgIpc) is 2.13. The minimum Gasteiger partial charge on any atom is -0.354 e. The Morgan fingerprint density at radius 2 is 2.06 bits per heavy atom. The molecule has 2 rings (SSSR count). The van der Waals surface area contributed by atoms with E-state index in [0.717, 1.165) is 0 Å². The van der Waals surface area contributed by atoms with Gasteiger partial charge in [-0.1, -0.05) is 0 Å². The zero-order valence-electron chi connectivity index (χ0n) is 9.12. The fourth-order valence-electron chi connectivity index (χ4n) is 1.73. The normalized spacial score (nSPS) is 16.5. The summed E-state index contributed by atoms with van der Waals surface area (Å²) in [7, 11) is 0. The number of aryl methyl sites for hydroxylation is 1. The Labute approximate surface area is 96.5 Å². The molecule has 90 valence electrons. The molecule has 0 aliphatic carbocycles. The van der Waals surface area contributed by atoms with E-state index < -0.39 is 12.1 Å². The number of alkyl halides is 3. The van der Waals surface area contributed by atoms with Crippen molar-refractivity contribution in [3.8, 4) is 6.07 Å². The minimum absolute atomic E-state index is 0.116. The fraction of sp³-hybridized carbons (Fsp3) is 0.455. The summed E-state index contributed by atoms with van der Waals surface area (Å²) >= 11 is 0. The summed E-state index contributed by atoms with van der Waals surface area (Å²) in [4.78, 5) is 5.61. The van der Waals surface area contributed by atoms with E-state index >= 15 is 0 Å². The number of hydrogen-bond donors (Lipinski definition) is 0. The second kappa shape index (κ2) is 3.91. The predicted molar refractivity (Wildman–Crippen MR) is 55.4 cm³/mol. The van der Waals surface area contributed by atoms with Crippen LogP contribution in [0.15, 0.2) is 12.1 Å². The van der Waals surface area contributed by atoms with E-state index in [9.17, 15) is 13.2 Å². The van der Waals surface area contributed by atoms with Crippen LogP contribution in [0.3, 0.4) is 0 Å². The number of halogens is 3. The molecule has 1 saturated heterocycles. The Balaban J connectivity index is 2.17. The monoisotopic (exact) mass is 241 g/mol. The second-order valence-electron chi connectivity index (χ2n) is 4.08. The topological polar surface area (TPSA) is 39.9 Å². The summed E-state index contributed by atoms with van der Waals surface area (Å²) in [5.74, 6) is -0.954. The molecule has 3 nitrogen and oxygen atoms in total. The maximum absolute atomic E-state index is 12.3. The van der Waals surface area contributed by atoms with E-state index in [1.54, 1.807) is 19.1 Å². The zero-order valence-corrected chi connectivity index (χ0v) is 9.12. The lowest BCUT2D eigenvalue weighted by molar-refractivity contribution is -0.180. The Kier molecular flexibility index (Phi) is 2.69. The largest absolute Gasteiger partial charge is 0.395 e. The number of aromatic nitrogens is 1. The van der Waals surface area contributed by atoms with Gasteiger partial charge in [0.1, 0.15) is 11.9 Å². The van der Waals surface area contributed by atoms with Crippen LogP contribution in [0.1, 0.15) is 11.3 Å². The van der Waals surface area contributed by atoms with Crippen LogP contribution in [0.25, 0.3) is 0 Å². The number of nitrogens with zero attached hydrogens (tertiary/aromatic N) is 3. The van der Waals surface area contributed by atoms with Gasteiger partial charge < -0.3 is 4.90 Å². The molecule has 2 heterocycles. The van der Waals surface area contributed by atoms with E-state index in [1.165, 1.54) is 4.90 Å². The molecule has 0 amide bonds. The SMILES string of the molecule is Cc1ccc(C#N)c(N2CC(C(F)(F)F)C2)n1. The van der Waals surface area contributed by atoms with Crippen LogP contribution in [-0.2, 0) is 0 Å². The van der Waals surface area contributed by atoms with Crippen molar-refractivity contribution in [1.82, 2.24) is 4.98 Å². The van der Waals surface area contributed by atoms with Crippen molar-refractivity contribution in [1.29, 1.82) is 5.26 Å². The number of rotatable bonds is 1. The van der Waals surface area contributed by atoms with Crippen molar-refractivity contribution in [2.75, 3.05) is 18.0 Å². The van der Waals surface area contributed by atoms with Gasteiger partial charge in [-0.05, 0) is 19.1 Å². The van der Waals surface area contributed by atoms with Gasteiger partial charge >= 0.3 is 6.18 Å². The highest BCUT2D eigenvalue weighted by atomic mass is 19.4. The molecule has 1 aliphatic heterocycles. The van der Waals surface area contributed by atoms with Gasteiger partial charge in [-0.2, -0.15) is 18.4 Å². The summed E-state index contributed by atoms with van der Waals surface area (Å²) in [6.07, 6.45) is -4.16. The summed E-state index contributed by atoms with van der Waals surface area (Å²) < 4.78 is 37.0. The van der Waals surface area contributed by atoms with Crippen LogP contribution in [-0.4, -0.2) is 24.2 Å². The van der Waals surface area contributed by atoms with E-state index in [-0.39, 0.29) is 13.1 Å². The average molecular weight is 241 g/mol. The van der Waals surface area contributed by atoms with Gasteiger partial charge in [-0.3, -0.25) is 0 Å². The van der Waals surface area contributed by atoms with Crippen molar-refractivity contribution in [3.63, 3.8) is 0 Å². The van der Waals surface area contributed by atoms with Gasteiger partial charge in [0.05, 0.1) is 11.5 Å². The van der Waals surface area contributed by atoms with Crippen molar-refractivity contribution in [3.05, 3.63) is 23.4 Å². The molecule has 1 aromatic rings. The first-order chi connectivity index (χ1) is 7.91. The zero-order chi connectivity index (χ0) is 12.6. The van der Waals surface area contributed by atoms with E-state index in [2.05, 4.69) is 4.98 Å². The first-order valence-corrected chi connectivity index (χ1v) is 5.11. The van der Waals surface area contributed by atoms with Crippen molar-refractivity contribution in [2.45, 2.75) is 13.1 Å². The number of nitriles is 1. The van der Waals surface area contributed by atoms with Crippen LogP contribution < -0.4 is 4.90 Å². The maximum Gasteiger partial charge on any atom is 0.395 e. The summed E-state index contributed by atoms with van der Waals surface area (Å²) in [6.45, 7) is 1.51. The van der Waals surface area contributed by atoms with Gasteiger partial charge in [-0.15, -0.1) is 0 Å². The molecule has 0 unspecified atom stereocenters. The highest BCUT2D eigenvalue weighted by Gasteiger charge is 2.47. The molecule has 17 heavy (non-hydrogen) atoms. The third-order valence-corrected chi connectivity index (χ3v) is 2.78. The summed E-state index contributed by atoms with van der Waals surface area (Å²) in [5, 5.41) is 8.86. The predicted octanol–water partition coefficient (Wildman–Crippen LogP) is 2.26. The van der Waals surface area contributed by atoms with Crippen LogP contribution >= 0.6 is 0 Å². The molecule has 0 aromatic carbocycles. The number of hydrogen-bond acceptors (Lipinski definition) is 3. The Morgan fingerprint density at radius 3 is 2.59 bits per heavy atom. The molecule has 0 spiro atoms. The molecule has 0 saturated carbocycles. The van der Waals surface area contributed by atoms with Gasteiger partial charge in [-0.25, -0.2) is 4.98 Å². The van der Waals surface area contributed by atoms with Crippen LogP contribution in [0, 0.1) is 24.2 Å². The third-order valence-electron chi connectivity index (χ3n) is 2.78. The summed E-state index contributed by atoms with van der Waals surface area (Å²) in [5.41, 5.74) is 1.01. The van der Waals surface area contributed by atoms with E-state index in [4.69, 9.17) is 5.26 Å². The van der Waals surface area contributed by atoms with E-state index in [1.807, 2.05) is 6.07 Å². The maximum atomic E-state index is 12.3. The highest BCUT2D eigenvalue weighted by Crippen LogP contribution is 2.36. The molecule has 0 N–H and O–H groups in total. The highest BCUT2D eigenvalue weighted by molar-refractivity contribution is 5.56. The molecule has 0 atom stereocenters. The molecule has 1 aromatic heterocycles. The summed E-state index contributed by atoms with van der Waals surface area (Å²) in [6, 6.07) is 5.19. The smallest absolute Gasteiger partial charge is 0.354 e. The molecule has 0 radical (unpaired) electrons. The number of anilines is 1. The lowest BCUT2D eigenvalue weighted by Gasteiger charge is -2.41. The van der Waals surface area contributed by atoms with Crippen LogP contribution in [0.5, 0.6) is 0 Å². The first kappa shape index (κ1) is 11.7. The minimum atomic E-state index is -4.16. The fourth-order valence-corrected chi connectivity index (χ4v) is 1.73.